The van der Waals surface area contributed by atoms with Crippen LogP contribution in [0.4, 0.5) is 0 Å². The quantitative estimate of drug-likeness (QED) is 0.252. The van der Waals surface area contributed by atoms with E-state index in [4.69, 9.17) is 21.1 Å². The molecule has 0 rings (SSSR count). The van der Waals surface area contributed by atoms with Gasteiger partial charge in [0.2, 0.25) is 0 Å². The average Bonchev–Trinajstić information content (AvgIpc) is 2.21. The van der Waals surface area contributed by atoms with Crippen LogP contribution >= 0.6 is 11.6 Å². The van der Waals surface area contributed by atoms with Gasteiger partial charge in [-0.25, -0.2) is 0 Å². The minimum atomic E-state index is -0.255. The average molecular weight is 239 g/mol. The molecule has 0 aliphatic rings. The van der Waals surface area contributed by atoms with E-state index in [1.54, 1.807) is 0 Å². The number of alkyl halides is 1. The first-order valence-electron chi connectivity index (χ1n) is 5.64. The largest absolute Gasteiger partial charge is 0.357 e. The molecule has 86 valence electrons. The van der Waals surface area contributed by atoms with Crippen molar-refractivity contribution in [2.75, 3.05) is 19.1 Å². The van der Waals surface area contributed by atoms with Gasteiger partial charge in [0.05, 0.1) is 9.52 Å². The number of rotatable bonds is 10. The third kappa shape index (κ3) is 9.00. The van der Waals surface area contributed by atoms with E-state index in [1.165, 1.54) is 6.04 Å². The third-order valence-corrected chi connectivity index (χ3v) is 3.96. The fraction of sp³-hybridized carbons (Fsp3) is 1.00. The van der Waals surface area contributed by atoms with Crippen molar-refractivity contribution >= 4 is 21.1 Å². The molecule has 0 aliphatic carbocycles. The summed E-state index contributed by atoms with van der Waals surface area (Å²) in [7, 11) is -0.255. The van der Waals surface area contributed by atoms with Crippen LogP contribution in [0.3, 0.4) is 0 Å². The van der Waals surface area contributed by atoms with Crippen molar-refractivity contribution in [2.24, 2.45) is 0 Å². The van der Waals surface area contributed by atoms with E-state index in [1.807, 2.05) is 0 Å². The van der Waals surface area contributed by atoms with Crippen LogP contribution in [0, 0.1) is 0 Å². The first kappa shape index (κ1) is 14.4. The lowest BCUT2D eigenvalue weighted by Crippen LogP contribution is -2.25. The van der Waals surface area contributed by atoms with Gasteiger partial charge in [0.1, 0.15) is 5.91 Å². The van der Waals surface area contributed by atoms with Gasteiger partial charge < -0.3 is 9.47 Å². The highest BCUT2D eigenvalue weighted by molar-refractivity contribution is 6.36. The number of halogens is 1. The maximum absolute atomic E-state index is 5.64. The zero-order chi connectivity index (χ0) is 10.6. The normalized spacial score (nSPS) is 12.0. The maximum Gasteiger partial charge on any atom is 0.134 e. The van der Waals surface area contributed by atoms with E-state index in [9.17, 15) is 0 Å². The molecular formula is C10H23ClO2Si. The number of hydrogen-bond acceptors (Lipinski definition) is 2. The van der Waals surface area contributed by atoms with Gasteiger partial charge in [-0.1, -0.05) is 19.9 Å². The molecule has 0 heterocycles. The van der Waals surface area contributed by atoms with Gasteiger partial charge in [0.25, 0.3) is 0 Å². The van der Waals surface area contributed by atoms with Crippen molar-refractivity contribution in [1.82, 2.24) is 0 Å². The highest BCUT2D eigenvalue weighted by Crippen LogP contribution is 2.01. The van der Waals surface area contributed by atoms with Gasteiger partial charge in [-0.15, -0.1) is 11.6 Å². The fourth-order valence-corrected chi connectivity index (χ4v) is 3.16. The first-order valence-corrected chi connectivity index (χ1v) is 7.99. The monoisotopic (exact) mass is 238 g/mol. The van der Waals surface area contributed by atoms with E-state index < -0.39 is 0 Å². The highest BCUT2D eigenvalue weighted by Gasteiger charge is 2.08. The molecule has 0 saturated heterocycles. The molecule has 2 nitrogen and oxygen atoms in total. The van der Waals surface area contributed by atoms with Crippen molar-refractivity contribution in [2.45, 2.75) is 45.1 Å². The summed E-state index contributed by atoms with van der Waals surface area (Å²) in [6.07, 6.45) is 3.24. The fourth-order valence-electron chi connectivity index (χ4n) is 1.12. The molecule has 0 saturated carbocycles. The molecule has 0 aromatic rings. The molecule has 0 N–H and O–H groups in total. The molecule has 4 heteroatoms. The van der Waals surface area contributed by atoms with Gasteiger partial charge in [-0.2, -0.15) is 0 Å². The summed E-state index contributed by atoms with van der Waals surface area (Å²) in [6, 6.07) is 1.22. The predicted octanol–water partition coefficient (Wildman–Crippen LogP) is 2.34. The molecule has 0 fully saturated rings. The van der Waals surface area contributed by atoms with Crippen molar-refractivity contribution < 1.29 is 9.47 Å². The Kier molecular flexibility index (Phi) is 11.9. The second-order valence-corrected chi connectivity index (χ2v) is 5.68. The molecule has 0 aromatic heterocycles. The van der Waals surface area contributed by atoms with Gasteiger partial charge in [-0.3, -0.25) is 0 Å². The van der Waals surface area contributed by atoms with Gasteiger partial charge in [0.15, 0.2) is 0 Å². The smallest absolute Gasteiger partial charge is 0.134 e. The molecule has 0 amide bonds. The van der Waals surface area contributed by atoms with Gasteiger partial charge in [0, 0.05) is 19.1 Å². The standard InChI is InChI=1S/C10H23ClO2Si/c1-3-7-12-10(13-8-4-2)14-9-5-6-11/h10H,3-9,14H2,1-2H3. The summed E-state index contributed by atoms with van der Waals surface area (Å²) >= 11 is 5.63. The minimum absolute atomic E-state index is 0.123. The maximum atomic E-state index is 5.64. The van der Waals surface area contributed by atoms with E-state index in [-0.39, 0.29) is 15.4 Å². The van der Waals surface area contributed by atoms with Crippen LogP contribution in [-0.2, 0) is 9.47 Å². The molecule has 0 spiro atoms. The van der Waals surface area contributed by atoms with E-state index in [2.05, 4.69) is 13.8 Å². The molecule has 0 atom stereocenters. The molecule has 0 unspecified atom stereocenters. The summed E-state index contributed by atoms with van der Waals surface area (Å²) < 4.78 is 11.3. The summed E-state index contributed by atoms with van der Waals surface area (Å²) in [5, 5.41) is 0. The Morgan fingerprint density at radius 1 is 1.14 bits per heavy atom. The second kappa shape index (κ2) is 11.5. The lowest BCUT2D eigenvalue weighted by Gasteiger charge is -2.17. The van der Waals surface area contributed by atoms with Gasteiger partial charge >= 0.3 is 0 Å². The Labute approximate surface area is 95.1 Å². The summed E-state index contributed by atoms with van der Waals surface area (Å²) in [6.45, 7) is 5.89. The van der Waals surface area contributed by atoms with Crippen molar-refractivity contribution in [3.63, 3.8) is 0 Å². The molecule has 0 radical (unpaired) electrons. The predicted molar refractivity (Wildman–Crippen MR) is 65.0 cm³/mol. The van der Waals surface area contributed by atoms with Crippen LogP contribution in [-0.4, -0.2) is 34.5 Å². The lowest BCUT2D eigenvalue weighted by molar-refractivity contribution is -0.0904. The molecular weight excluding hydrogens is 216 g/mol. The van der Waals surface area contributed by atoms with Crippen LogP contribution in [0.1, 0.15) is 33.1 Å². The molecule has 0 aliphatic heterocycles. The van der Waals surface area contributed by atoms with Crippen LogP contribution in [0.25, 0.3) is 0 Å². The SMILES string of the molecule is CCCOC(OCCC)[SiH2]CCCCl. The molecule has 0 aromatic carbocycles. The van der Waals surface area contributed by atoms with Gasteiger partial charge in [-0.05, 0) is 19.3 Å². The number of hydrogen-bond donors (Lipinski definition) is 0. The Bertz CT molecular complexity index is 106. The topological polar surface area (TPSA) is 18.5 Å². The third-order valence-electron chi connectivity index (χ3n) is 1.84. The zero-order valence-electron chi connectivity index (χ0n) is 9.43. The van der Waals surface area contributed by atoms with Crippen LogP contribution < -0.4 is 0 Å². The van der Waals surface area contributed by atoms with Crippen molar-refractivity contribution in [3.05, 3.63) is 0 Å². The summed E-state index contributed by atoms with van der Waals surface area (Å²) in [4.78, 5) is 0. The van der Waals surface area contributed by atoms with Crippen molar-refractivity contribution in [3.8, 4) is 0 Å². The van der Waals surface area contributed by atoms with E-state index in [0.717, 1.165) is 38.4 Å². The molecule has 0 bridgehead atoms. The Morgan fingerprint density at radius 2 is 1.71 bits per heavy atom. The second-order valence-electron chi connectivity index (χ2n) is 3.36. The molecule has 14 heavy (non-hydrogen) atoms. The summed E-state index contributed by atoms with van der Waals surface area (Å²) in [5.41, 5.74) is 0. The Morgan fingerprint density at radius 3 is 2.14 bits per heavy atom. The first-order chi connectivity index (χ1) is 6.85. The highest BCUT2D eigenvalue weighted by atomic mass is 35.5. The van der Waals surface area contributed by atoms with E-state index >= 15 is 0 Å². The lowest BCUT2D eigenvalue weighted by atomic mass is 10.5. The van der Waals surface area contributed by atoms with Crippen LogP contribution in [0.2, 0.25) is 6.04 Å². The van der Waals surface area contributed by atoms with Crippen molar-refractivity contribution in [1.29, 1.82) is 0 Å². The Hall–Kier alpha value is 0.427. The minimum Gasteiger partial charge on any atom is -0.357 e. The van der Waals surface area contributed by atoms with E-state index in [0.29, 0.717) is 0 Å². The summed E-state index contributed by atoms with van der Waals surface area (Å²) in [5.74, 6) is 0.888. The Balaban J connectivity index is 3.49. The zero-order valence-corrected chi connectivity index (χ0v) is 11.6. The van der Waals surface area contributed by atoms with Crippen LogP contribution in [0.15, 0.2) is 0 Å². The number of ether oxygens (including phenoxy) is 2. The van der Waals surface area contributed by atoms with Crippen LogP contribution in [0.5, 0.6) is 0 Å².